The first-order valence-electron chi connectivity index (χ1n) is 6.14. The van der Waals surface area contributed by atoms with E-state index in [1.54, 1.807) is 11.3 Å². The molecule has 0 amide bonds. The van der Waals surface area contributed by atoms with Gasteiger partial charge in [-0.1, -0.05) is 30.3 Å². The van der Waals surface area contributed by atoms with Gasteiger partial charge in [-0.3, -0.25) is 0 Å². The fourth-order valence-electron chi connectivity index (χ4n) is 2.15. The maximum atomic E-state index is 9.60. The predicted octanol–water partition coefficient (Wildman–Crippen LogP) is 3.97. The summed E-state index contributed by atoms with van der Waals surface area (Å²) in [6.07, 6.45) is 0. The van der Waals surface area contributed by atoms with Crippen LogP contribution in [0.4, 0.5) is 0 Å². The number of thiophene rings is 1. The number of ether oxygens (including phenoxy) is 1. The van der Waals surface area contributed by atoms with Crippen LogP contribution in [0.3, 0.4) is 0 Å². The Labute approximate surface area is 115 Å². The number of rotatable bonds is 4. The molecule has 1 N–H and O–H groups in total. The Morgan fingerprint density at radius 1 is 1.05 bits per heavy atom. The minimum atomic E-state index is -0.0136. The first-order valence-corrected chi connectivity index (χ1v) is 7.08. The van der Waals surface area contributed by atoms with Crippen LogP contribution in [0.2, 0.25) is 0 Å². The molecular weight excluding hydrogens is 256 g/mol. The number of benzene rings is 2. The maximum Gasteiger partial charge on any atom is 0.125 e. The van der Waals surface area contributed by atoms with Crippen molar-refractivity contribution in [1.29, 1.82) is 0 Å². The molecule has 19 heavy (non-hydrogen) atoms. The van der Waals surface area contributed by atoms with E-state index in [4.69, 9.17) is 4.74 Å². The molecule has 0 spiro atoms. The molecule has 1 heterocycles. The predicted molar refractivity (Wildman–Crippen MR) is 78.5 cm³/mol. The summed E-state index contributed by atoms with van der Waals surface area (Å²) in [5, 5.41) is 15.9. The van der Waals surface area contributed by atoms with Gasteiger partial charge in [-0.15, -0.1) is 0 Å². The molecule has 0 atom stereocenters. The lowest BCUT2D eigenvalue weighted by atomic mass is 10.0. The van der Waals surface area contributed by atoms with Gasteiger partial charge < -0.3 is 9.84 Å². The fraction of sp³-hybridized carbons (Fsp3) is 0.125. The van der Waals surface area contributed by atoms with Crippen molar-refractivity contribution in [1.82, 2.24) is 0 Å². The average Bonchev–Trinajstić information content (AvgIpc) is 2.97. The molecule has 2 aromatic carbocycles. The highest BCUT2D eigenvalue weighted by Crippen LogP contribution is 2.28. The second kappa shape index (κ2) is 5.43. The molecule has 0 aliphatic rings. The van der Waals surface area contributed by atoms with Crippen LogP contribution in [0.1, 0.15) is 11.1 Å². The zero-order chi connectivity index (χ0) is 13.1. The topological polar surface area (TPSA) is 29.5 Å². The number of aliphatic hydroxyl groups is 1. The van der Waals surface area contributed by atoms with E-state index in [1.807, 2.05) is 47.8 Å². The minimum Gasteiger partial charge on any atom is -0.488 e. The van der Waals surface area contributed by atoms with Crippen molar-refractivity contribution in [2.75, 3.05) is 0 Å². The van der Waals surface area contributed by atoms with E-state index in [2.05, 4.69) is 5.38 Å². The van der Waals surface area contributed by atoms with E-state index < -0.39 is 0 Å². The Balaban J connectivity index is 1.94. The maximum absolute atomic E-state index is 9.60. The minimum absolute atomic E-state index is 0.0136. The third-order valence-corrected chi connectivity index (χ3v) is 3.86. The van der Waals surface area contributed by atoms with Crippen molar-refractivity contribution < 1.29 is 9.84 Å². The van der Waals surface area contributed by atoms with Gasteiger partial charge in [-0.2, -0.15) is 11.3 Å². The van der Waals surface area contributed by atoms with Crippen LogP contribution in [-0.2, 0) is 13.2 Å². The molecule has 2 nitrogen and oxygen atoms in total. The Morgan fingerprint density at radius 2 is 1.95 bits per heavy atom. The second-order valence-electron chi connectivity index (χ2n) is 4.34. The number of aliphatic hydroxyl groups excluding tert-OH is 1. The Kier molecular flexibility index (Phi) is 3.49. The molecule has 0 bridgehead atoms. The molecule has 0 aliphatic heterocycles. The van der Waals surface area contributed by atoms with Crippen molar-refractivity contribution in [2.24, 2.45) is 0 Å². The number of hydrogen-bond donors (Lipinski definition) is 1. The Morgan fingerprint density at radius 3 is 2.74 bits per heavy atom. The van der Waals surface area contributed by atoms with Gasteiger partial charge in [0, 0.05) is 5.56 Å². The lowest BCUT2D eigenvalue weighted by molar-refractivity contribution is 0.261. The fourth-order valence-corrected chi connectivity index (χ4v) is 2.80. The zero-order valence-corrected chi connectivity index (χ0v) is 11.2. The number of hydrogen-bond acceptors (Lipinski definition) is 3. The highest BCUT2D eigenvalue weighted by molar-refractivity contribution is 7.07. The molecule has 0 unspecified atom stereocenters. The van der Waals surface area contributed by atoms with Crippen LogP contribution in [0.15, 0.2) is 53.2 Å². The second-order valence-corrected chi connectivity index (χ2v) is 5.12. The summed E-state index contributed by atoms with van der Waals surface area (Å²) in [6, 6.07) is 14.0. The summed E-state index contributed by atoms with van der Waals surface area (Å²) in [5.41, 5.74) is 2.01. The molecule has 0 radical (unpaired) electrons. The molecule has 1 aromatic heterocycles. The Bertz CT molecular complexity index is 674. The van der Waals surface area contributed by atoms with Crippen LogP contribution in [0, 0.1) is 0 Å². The summed E-state index contributed by atoms with van der Waals surface area (Å²) < 4.78 is 5.83. The van der Waals surface area contributed by atoms with Crippen molar-refractivity contribution in [2.45, 2.75) is 13.2 Å². The van der Waals surface area contributed by atoms with Gasteiger partial charge in [0.25, 0.3) is 0 Å². The normalized spacial score (nSPS) is 10.8. The average molecular weight is 270 g/mol. The first-order chi connectivity index (χ1) is 9.38. The highest BCUT2D eigenvalue weighted by Gasteiger charge is 2.08. The first kappa shape index (κ1) is 12.2. The third kappa shape index (κ3) is 2.48. The van der Waals surface area contributed by atoms with Gasteiger partial charge in [-0.25, -0.2) is 0 Å². The van der Waals surface area contributed by atoms with Gasteiger partial charge in [0.2, 0.25) is 0 Å². The largest absolute Gasteiger partial charge is 0.488 e. The van der Waals surface area contributed by atoms with Crippen LogP contribution in [0.25, 0.3) is 10.8 Å². The third-order valence-electron chi connectivity index (χ3n) is 3.13. The van der Waals surface area contributed by atoms with Gasteiger partial charge in [0.1, 0.15) is 12.4 Å². The van der Waals surface area contributed by atoms with Gasteiger partial charge in [0.15, 0.2) is 0 Å². The molecule has 0 aliphatic carbocycles. The molecule has 0 saturated carbocycles. The molecule has 96 valence electrons. The smallest absolute Gasteiger partial charge is 0.125 e. The van der Waals surface area contributed by atoms with E-state index in [0.717, 1.165) is 27.6 Å². The molecule has 0 saturated heterocycles. The van der Waals surface area contributed by atoms with Gasteiger partial charge >= 0.3 is 0 Å². The SMILES string of the molecule is OCc1c(OCc2ccsc2)ccc2ccccc12. The summed E-state index contributed by atoms with van der Waals surface area (Å²) in [5.74, 6) is 0.757. The Hall–Kier alpha value is -1.84. The van der Waals surface area contributed by atoms with Gasteiger partial charge in [0.05, 0.1) is 6.61 Å². The van der Waals surface area contributed by atoms with Crippen LogP contribution >= 0.6 is 11.3 Å². The van der Waals surface area contributed by atoms with Crippen molar-refractivity contribution in [3.8, 4) is 5.75 Å². The van der Waals surface area contributed by atoms with Crippen molar-refractivity contribution >= 4 is 22.1 Å². The molecular formula is C16H14O2S. The van der Waals surface area contributed by atoms with E-state index >= 15 is 0 Å². The van der Waals surface area contributed by atoms with Crippen LogP contribution in [-0.4, -0.2) is 5.11 Å². The number of fused-ring (bicyclic) bond motifs is 1. The standard InChI is InChI=1S/C16H14O2S/c17-9-15-14-4-2-1-3-13(14)5-6-16(15)18-10-12-7-8-19-11-12/h1-8,11,17H,9-10H2. The van der Waals surface area contributed by atoms with Crippen molar-refractivity contribution in [3.63, 3.8) is 0 Å². The summed E-state index contributed by atoms with van der Waals surface area (Å²) >= 11 is 1.66. The summed E-state index contributed by atoms with van der Waals surface area (Å²) in [7, 11) is 0. The highest BCUT2D eigenvalue weighted by atomic mass is 32.1. The summed E-state index contributed by atoms with van der Waals surface area (Å²) in [6.45, 7) is 0.523. The molecule has 3 heteroatoms. The van der Waals surface area contributed by atoms with E-state index in [0.29, 0.717) is 6.61 Å². The van der Waals surface area contributed by atoms with E-state index in [-0.39, 0.29) is 6.61 Å². The monoisotopic (exact) mass is 270 g/mol. The van der Waals surface area contributed by atoms with Crippen molar-refractivity contribution in [3.05, 3.63) is 64.4 Å². The molecule has 0 fully saturated rings. The quantitative estimate of drug-likeness (QED) is 0.777. The lowest BCUT2D eigenvalue weighted by Gasteiger charge is -2.12. The summed E-state index contributed by atoms with van der Waals surface area (Å²) in [4.78, 5) is 0. The van der Waals surface area contributed by atoms with Crippen LogP contribution < -0.4 is 4.74 Å². The van der Waals surface area contributed by atoms with Gasteiger partial charge in [-0.05, 0) is 39.2 Å². The van der Waals surface area contributed by atoms with Crippen LogP contribution in [0.5, 0.6) is 5.75 Å². The van der Waals surface area contributed by atoms with E-state index in [1.165, 1.54) is 0 Å². The molecule has 3 rings (SSSR count). The lowest BCUT2D eigenvalue weighted by Crippen LogP contribution is -1.98. The molecule has 3 aromatic rings. The van der Waals surface area contributed by atoms with E-state index in [9.17, 15) is 5.11 Å². The zero-order valence-electron chi connectivity index (χ0n) is 10.4.